The number of carboxylic acids is 1. The summed E-state index contributed by atoms with van der Waals surface area (Å²) in [7, 11) is -0.341. The third-order valence-corrected chi connectivity index (χ3v) is 1.34. The molecule has 0 saturated heterocycles. The van der Waals surface area contributed by atoms with E-state index in [-0.39, 0.29) is 14.3 Å². The second-order valence-electron chi connectivity index (χ2n) is 2.16. The molecule has 0 radical (unpaired) electrons. The largest absolute Gasteiger partial charge is 0.508 e. The quantitative estimate of drug-likeness (QED) is 0.699. The molecule has 0 heterocycles. The number of benzene rings is 1. The van der Waals surface area contributed by atoms with E-state index in [1.165, 1.54) is 0 Å². The normalized spacial score (nSPS) is 7.71. The van der Waals surface area contributed by atoms with Gasteiger partial charge in [-0.05, 0) is 12.1 Å². The van der Waals surface area contributed by atoms with Crippen molar-refractivity contribution in [3.8, 4) is 11.4 Å². The van der Waals surface area contributed by atoms with Crippen LogP contribution in [0.5, 0.6) is 5.75 Å². The van der Waals surface area contributed by atoms with Crippen molar-refractivity contribution in [2.45, 2.75) is 6.42 Å². The number of aliphatic carboxylic acids is 1. The molecule has 0 aliphatic rings. The average Bonchev–Trinajstić information content (AvgIpc) is 2.17. The summed E-state index contributed by atoms with van der Waals surface area (Å²) in [4.78, 5) is 9.55. The number of phenols is 1. The number of hydrogen-bond donors (Lipinski definition) is 2. The fourth-order valence-electron chi connectivity index (χ4n) is 0.528. The number of phenolic OH excluding ortho intramolecular Hbond substituents is 1. The van der Waals surface area contributed by atoms with Gasteiger partial charge in [0.25, 0.3) is 0 Å². The predicted octanol–water partition coefficient (Wildman–Crippen LogP) is 2.10. The first-order valence-electron chi connectivity index (χ1n) is 3.68. The fourth-order valence-corrected chi connectivity index (χ4v) is 0.728. The molecule has 1 rings (SSSR count). The Labute approximate surface area is 82.3 Å². The van der Waals surface area contributed by atoms with Crippen LogP contribution in [0.4, 0.5) is 0 Å². The van der Waals surface area contributed by atoms with Crippen molar-refractivity contribution >= 4 is 13.9 Å². The van der Waals surface area contributed by atoms with E-state index < -0.39 is 5.97 Å². The Hall–Kier alpha value is -1.50. The molecule has 0 aromatic heterocycles. The molecule has 4 nitrogen and oxygen atoms in total. The van der Waals surface area contributed by atoms with E-state index in [0.29, 0.717) is 5.75 Å². The van der Waals surface area contributed by atoms with Crippen LogP contribution < -0.4 is 0 Å². The minimum Gasteiger partial charge on any atom is -0.508 e. The summed E-state index contributed by atoms with van der Waals surface area (Å²) in [5, 5.41) is 16.5. The van der Waals surface area contributed by atoms with Crippen LogP contribution in [-0.4, -0.2) is 16.2 Å². The van der Waals surface area contributed by atoms with Crippen LogP contribution in [0.15, 0.2) is 30.3 Å². The zero-order chi connectivity index (χ0) is 10.8. The minimum absolute atomic E-state index is 0.259. The molecule has 0 amide bonds. The second kappa shape index (κ2) is 8.11. The van der Waals surface area contributed by atoms with E-state index in [1.54, 1.807) is 24.3 Å². The van der Waals surface area contributed by atoms with Crippen LogP contribution >= 0.6 is 7.92 Å². The molecule has 2 N–H and O–H groups in total. The van der Waals surface area contributed by atoms with E-state index in [1.807, 2.05) is 6.07 Å². The summed E-state index contributed by atoms with van der Waals surface area (Å²) in [6, 6.07) is 8.71. The molecule has 0 spiro atoms. The molecule has 74 valence electrons. The molecular weight excluding hydrogens is 203 g/mol. The fraction of sp³-hybridized carbons (Fsp3) is 0.111. The third-order valence-electron chi connectivity index (χ3n) is 1.05. The SMILES string of the molecule is O=P#CCC(=O)O.Oc1ccccc1. The van der Waals surface area contributed by atoms with Gasteiger partial charge in [0.15, 0.2) is 0 Å². The van der Waals surface area contributed by atoms with Crippen molar-refractivity contribution in [1.82, 2.24) is 0 Å². The van der Waals surface area contributed by atoms with Crippen molar-refractivity contribution in [2.75, 3.05) is 0 Å². The van der Waals surface area contributed by atoms with Crippen LogP contribution in [0.25, 0.3) is 0 Å². The van der Waals surface area contributed by atoms with Crippen molar-refractivity contribution in [3.63, 3.8) is 0 Å². The Kier molecular flexibility index (Phi) is 7.24. The van der Waals surface area contributed by atoms with Crippen molar-refractivity contribution < 1.29 is 19.6 Å². The van der Waals surface area contributed by atoms with E-state index in [9.17, 15) is 9.36 Å². The Morgan fingerprint density at radius 3 is 2.14 bits per heavy atom. The van der Waals surface area contributed by atoms with E-state index >= 15 is 0 Å². The first-order valence-corrected chi connectivity index (χ1v) is 4.49. The number of carboxylic acid groups (broad SMARTS) is 1. The Bertz CT molecular complexity index is 368. The zero-order valence-corrected chi connectivity index (χ0v) is 8.15. The maximum absolute atomic E-state index is 9.55. The monoisotopic (exact) mass is 212 g/mol. The van der Waals surface area contributed by atoms with Gasteiger partial charge < -0.3 is 5.11 Å². The molecule has 0 bridgehead atoms. The van der Waals surface area contributed by atoms with Gasteiger partial charge in [0.2, 0.25) is 0 Å². The van der Waals surface area contributed by atoms with Gasteiger partial charge in [-0.15, -0.1) is 0 Å². The summed E-state index contributed by atoms with van der Waals surface area (Å²) >= 11 is 0. The third kappa shape index (κ3) is 8.60. The van der Waals surface area contributed by atoms with Gasteiger partial charge in [0.1, 0.15) is 5.75 Å². The number of aromatic hydroxyl groups is 1. The molecule has 1 aromatic rings. The molecular formula is C9H9O4P. The van der Waals surface area contributed by atoms with Crippen LogP contribution in [0.2, 0.25) is 0 Å². The van der Waals surface area contributed by atoms with Crippen LogP contribution in [0.1, 0.15) is 6.42 Å². The number of carbonyl (C=O) groups is 1. The zero-order valence-electron chi connectivity index (χ0n) is 7.25. The van der Waals surface area contributed by atoms with Gasteiger partial charge in [-0.25, -0.2) is 0 Å². The minimum atomic E-state index is -1.01. The van der Waals surface area contributed by atoms with Crippen molar-refractivity contribution in [2.24, 2.45) is 0 Å². The smallest absolute Gasteiger partial charge is 0.115 e. The first-order chi connectivity index (χ1) is 6.66. The van der Waals surface area contributed by atoms with Gasteiger partial charge >= 0.3 is 40.4 Å². The van der Waals surface area contributed by atoms with E-state index in [4.69, 9.17) is 10.2 Å². The van der Waals surface area contributed by atoms with Crippen molar-refractivity contribution in [3.05, 3.63) is 30.3 Å². The van der Waals surface area contributed by atoms with E-state index in [2.05, 4.69) is 5.63 Å². The number of para-hydroxylation sites is 1. The van der Waals surface area contributed by atoms with Gasteiger partial charge in [0.05, 0.1) is 0 Å². The topological polar surface area (TPSA) is 74.6 Å². The predicted molar refractivity (Wildman–Crippen MR) is 51.9 cm³/mol. The Morgan fingerprint density at radius 2 is 1.93 bits per heavy atom. The van der Waals surface area contributed by atoms with Gasteiger partial charge in [-0.1, -0.05) is 18.2 Å². The molecule has 0 aliphatic carbocycles. The molecule has 0 atom stereocenters. The van der Waals surface area contributed by atoms with Gasteiger partial charge in [0, 0.05) is 0 Å². The second-order valence-corrected chi connectivity index (χ2v) is 2.65. The molecule has 0 aliphatic heterocycles. The van der Waals surface area contributed by atoms with E-state index in [0.717, 1.165) is 0 Å². The van der Waals surface area contributed by atoms with Gasteiger partial charge in [-0.2, -0.15) is 0 Å². The standard InChI is InChI=1S/C6H6O.C3H3O3P/c7-6-4-2-1-3-5-6;4-3(5)1-2-7-6/h1-5,7H;1H2,(H,4,5). The van der Waals surface area contributed by atoms with Crippen LogP contribution in [0, 0.1) is 5.63 Å². The summed E-state index contributed by atoms with van der Waals surface area (Å²) in [5.41, 5.74) is 2.06. The maximum atomic E-state index is 9.55. The summed E-state index contributed by atoms with van der Waals surface area (Å²) in [6.07, 6.45) is -0.259. The van der Waals surface area contributed by atoms with Crippen LogP contribution in [-0.2, 0) is 9.36 Å². The maximum Gasteiger partial charge on any atom is 0.115 e. The Balaban J connectivity index is 0.000000241. The summed E-state index contributed by atoms with van der Waals surface area (Å²) < 4.78 is 9.43. The van der Waals surface area contributed by atoms with Crippen molar-refractivity contribution in [1.29, 1.82) is 0 Å². The number of hydrogen-bond acceptors (Lipinski definition) is 3. The van der Waals surface area contributed by atoms with Gasteiger partial charge in [-0.3, -0.25) is 0 Å². The van der Waals surface area contributed by atoms with Crippen LogP contribution in [0.3, 0.4) is 0 Å². The first kappa shape index (κ1) is 12.5. The Morgan fingerprint density at radius 1 is 1.36 bits per heavy atom. The average molecular weight is 212 g/mol. The molecule has 1 aromatic carbocycles. The summed E-state index contributed by atoms with van der Waals surface area (Å²) in [6.45, 7) is 0. The molecule has 0 saturated carbocycles. The summed E-state index contributed by atoms with van der Waals surface area (Å²) in [5.74, 6) is -0.689. The number of rotatable bonds is 1. The molecule has 0 fully saturated rings. The molecule has 14 heavy (non-hydrogen) atoms. The molecule has 5 heteroatoms. The molecule has 0 unspecified atom stereocenters.